The van der Waals surface area contributed by atoms with Crippen LogP contribution in [0.3, 0.4) is 0 Å². The van der Waals surface area contributed by atoms with E-state index >= 15 is 0 Å². The van der Waals surface area contributed by atoms with Gasteiger partial charge in [0, 0.05) is 44.1 Å². The molecule has 6 heteroatoms. The third kappa shape index (κ3) is 4.27. The maximum Gasteiger partial charge on any atom is 0.257 e. The highest BCUT2D eigenvalue weighted by Gasteiger charge is 2.25. The fourth-order valence-electron chi connectivity index (χ4n) is 3.31. The quantitative estimate of drug-likeness (QED) is 0.833. The summed E-state index contributed by atoms with van der Waals surface area (Å²) in [6, 6.07) is 9.18. The van der Waals surface area contributed by atoms with Gasteiger partial charge in [-0.2, -0.15) is 0 Å². The Kier molecular flexibility index (Phi) is 6.06. The molecule has 0 radical (unpaired) electrons. The van der Waals surface area contributed by atoms with E-state index in [9.17, 15) is 9.59 Å². The molecule has 0 spiro atoms. The summed E-state index contributed by atoms with van der Waals surface area (Å²) in [5.41, 5.74) is 2.32. The molecule has 1 aromatic heterocycles. The van der Waals surface area contributed by atoms with Crippen molar-refractivity contribution in [1.29, 1.82) is 0 Å². The van der Waals surface area contributed by atoms with Crippen LogP contribution >= 0.6 is 0 Å². The Labute approximate surface area is 159 Å². The van der Waals surface area contributed by atoms with Crippen molar-refractivity contribution in [3.8, 4) is 5.75 Å². The van der Waals surface area contributed by atoms with Crippen LogP contribution in [0.4, 0.5) is 0 Å². The molecule has 0 bridgehead atoms. The van der Waals surface area contributed by atoms with Gasteiger partial charge >= 0.3 is 0 Å². The maximum atomic E-state index is 13.1. The number of hydrogen-bond acceptors (Lipinski definition) is 4. The number of amides is 2. The molecule has 0 atom stereocenters. The Hall–Kier alpha value is -2.89. The van der Waals surface area contributed by atoms with Crippen molar-refractivity contribution in [2.75, 3.05) is 33.3 Å². The van der Waals surface area contributed by atoms with Crippen LogP contribution in [0, 0.1) is 0 Å². The van der Waals surface area contributed by atoms with E-state index in [1.165, 1.54) is 0 Å². The number of pyridine rings is 1. The van der Waals surface area contributed by atoms with Crippen LogP contribution in [0.25, 0.3) is 0 Å². The van der Waals surface area contributed by atoms with Crippen LogP contribution in [-0.2, 0) is 6.42 Å². The van der Waals surface area contributed by atoms with E-state index in [1.54, 1.807) is 31.6 Å². The van der Waals surface area contributed by atoms with E-state index in [-0.39, 0.29) is 11.8 Å². The summed E-state index contributed by atoms with van der Waals surface area (Å²) < 4.78 is 5.39. The van der Waals surface area contributed by atoms with Crippen LogP contribution in [0.1, 0.15) is 39.6 Å². The van der Waals surface area contributed by atoms with Gasteiger partial charge in [0.1, 0.15) is 5.75 Å². The summed E-state index contributed by atoms with van der Waals surface area (Å²) in [5, 5.41) is 0. The first-order valence-electron chi connectivity index (χ1n) is 9.29. The van der Waals surface area contributed by atoms with E-state index in [0.29, 0.717) is 43.1 Å². The lowest BCUT2D eigenvalue weighted by Gasteiger charge is -2.23. The lowest BCUT2D eigenvalue weighted by Crippen LogP contribution is -2.37. The number of carbonyl (C=O) groups is 2. The number of hydrogen-bond donors (Lipinski definition) is 0. The van der Waals surface area contributed by atoms with Crippen molar-refractivity contribution in [2.24, 2.45) is 0 Å². The van der Waals surface area contributed by atoms with E-state index in [2.05, 4.69) is 11.9 Å². The molecule has 1 saturated heterocycles. The summed E-state index contributed by atoms with van der Waals surface area (Å²) in [4.78, 5) is 33.3. The van der Waals surface area contributed by atoms with E-state index in [1.807, 2.05) is 28.0 Å². The molecular weight excluding hydrogens is 342 g/mol. The Morgan fingerprint density at radius 1 is 1.00 bits per heavy atom. The van der Waals surface area contributed by atoms with Gasteiger partial charge in [0.25, 0.3) is 11.8 Å². The van der Waals surface area contributed by atoms with Crippen molar-refractivity contribution < 1.29 is 14.3 Å². The lowest BCUT2D eigenvalue weighted by molar-refractivity contribution is 0.0717. The van der Waals surface area contributed by atoms with Crippen LogP contribution in [-0.4, -0.2) is 59.9 Å². The molecular formula is C21H25N3O3. The third-order valence-electron chi connectivity index (χ3n) is 4.90. The van der Waals surface area contributed by atoms with Gasteiger partial charge in [-0.05, 0) is 42.7 Å². The molecule has 2 heterocycles. The van der Waals surface area contributed by atoms with Crippen molar-refractivity contribution in [1.82, 2.24) is 14.8 Å². The Morgan fingerprint density at radius 3 is 2.30 bits per heavy atom. The van der Waals surface area contributed by atoms with Gasteiger partial charge in [-0.15, -0.1) is 0 Å². The molecule has 0 N–H and O–H groups in total. The summed E-state index contributed by atoms with van der Waals surface area (Å²) >= 11 is 0. The molecule has 6 nitrogen and oxygen atoms in total. The molecule has 3 rings (SSSR count). The standard InChI is InChI=1S/C21H25N3O3/c1-3-16-5-6-19(27-2)18(15-16)21(26)24-12-4-11-23(13-14-24)20(25)17-7-9-22-10-8-17/h5-10,15H,3-4,11-14H2,1-2H3. The smallest absolute Gasteiger partial charge is 0.257 e. The minimum atomic E-state index is -0.0413. The predicted molar refractivity (Wildman–Crippen MR) is 103 cm³/mol. The summed E-state index contributed by atoms with van der Waals surface area (Å²) in [6.45, 7) is 4.35. The fourth-order valence-corrected chi connectivity index (χ4v) is 3.31. The summed E-state index contributed by atoms with van der Waals surface area (Å²) in [7, 11) is 1.58. The molecule has 1 aliphatic heterocycles. The normalized spacial score (nSPS) is 14.6. The first kappa shape index (κ1) is 18.9. The Balaban J connectivity index is 1.73. The number of carbonyl (C=O) groups excluding carboxylic acids is 2. The second-order valence-corrected chi connectivity index (χ2v) is 6.56. The molecule has 1 aliphatic rings. The molecule has 27 heavy (non-hydrogen) atoms. The highest BCUT2D eigenvalue weighted by Crippen LogP contribution is 2.23. The van der Waals surface area contributed by atoms with Crippen LogP contribution in [0.2, 0.25) is 0 Å². The van der Waals surface area contributed by atoms with Gasteiger partial charge in [-0.25, -0.2) is 0 Å². The number of rotatable bonds is 4. The number of methoxy groups -OCH3 is 1. The summed E-state index contributed by atoms with van der Waals surface area (Å²) in [6.07, 6.45) is 4.85. The van der Waals surface area contributed by atoms with Crippen molar-refractivity contribution in [3.63, 3.8) is 0 Å². The molecule has 1 fully saturated rings. The largest absolute Gasteiger partial charge is 0.496 e. The second kappa shape index (κ2) is 8.66. The Morgan fingerprint density at radius 2 is 1.67 bits per heavy atom. The molecule has 142 valence electrons. The highest BCUT2D eigenvalue weighted by atomic mass is 16.5. The van der Waals surface area contributed by atoms with Gasteiger partial charge in [0.05, 0.1) is 12.7 Å². The average molecular weight is 367 g/mol. The molecule has 2 aromatic rings. The SMILES string of the molecule is CCc1ccc(OC)c(C(=O)N2CCCN(C(=O)c3ccncc3)CC2)c1. The number of aromatic nitrogens is 1. The average Bonchev–Trinajstić information content (AvgIpc) is 2.99. The second-order valence-electron chi connectivity index (χ2n) is 6.56. The van der Waals surface area contributed by atoms with Crippen LogP contribution in [0.15, 0.2) is 42.7 Å². The van der Waals surface area contributed by atoms with Crippen molar-refractivity contribution in [2.45, 2.75) is 19.8 Å². The number of aryl methyl sites for hydroxylation is 1. The zero-order valence-electron chi connectivity index (χ0n) is 15.9. The fraction of sp³-hybridized carbons (Fsp3) is 0.381. The van der Waals surface area contributed by atoms with Gasteiger partial charge < -0.3 is 14.5 Å². The van der Waals surface area contributed by atoms with E-state index in [0.717, 1.165) is 18.4 Å². The molecule has 0 aliphatic carbocycles. The molecule has 0 saturated carbocycles. The van der Waals surface area contributed by atoms with E-state index < -0.39 is 0 Å². The third-order valence-corrected chi connectivity index (χ3v) is 4.90. The minimum absolute atomic E-state index is 0.0164. The highest BCUT2D eigenvalue weighted by molar-refractivity contribution is 5.97. The van der Waals surface area contributed by atoms with Crippen molar-refractivity contribution >= 4 is 11.8 Å². The summed E-state index contributed by atoms with van der Waals surface area (Å²) in [5.74, 6) is 0.531. The predicted octanol–water partition coefficient (Wildman–Crippen LogP) is 2.64. The lowest BCUT2D eigenvalue weighted by atomic mass is 10.1. The first-order valence-corrected chi connectivity index (χ1v) is 9.29. The first-order chi connectivity index (χ1) is 13.1. The van der Waals surface area contributed by atoms with Crippen molar-refractivity contribution in [3.05, 3.63) is 59.4 Å². The van der Waals surface area contributed by atoms with Gasteiger partial charge in [-0.3, -0.25) is 14.6 Å². The van der Waals surface area contributed by atoms with Gasteiger partial charge in [-0.1, -0.05) is 13.0 Å². The monoisotopic (exact) mass is 367 g/mol. The number of nitrogens with zero attached hydrogens (tertiary/aromatic N) is 3. The maximum absolute atomic E-state index is 13.1. The Bertz CT molecular complexity index is 808. The number of benzene rings is 1. The van der Waals surface area contributed by atoms with Crippen LogP contribution in [0.5, 0.6) is 5.75 Å². The van der Waals surface area contributed by atoms with Gasteiger partial charge in [0.2, 0.25) is 0 Å². The zero-order chi connectivity index (χ0) is 19.2. The number of ether oxygens (including phenoxy) is 1. The van der Waals surface area contributed by atoms with Gasteiger partial charge in [0.15, 0.2) is 0 Å². The molecule has 1 aromatic carbocycles. The topological polar surface area (TPSA) is 62.7 Å². The molecule has 2 amide bonds. The minimum Gasteiger partial charge on any atom is -0.496 e. The molecule has 0 unspecified atom stereocenters. The van der Waals surface area contributed by atoms with E-state index in [4.69, 9.17) is 4.74 Å². The van der Waals surface area contributed by atoms with Crippen LogP contribution < -0.4 is 4.74 Å². The zero-order valence-corrected chi connectivity index (χ0v) is 15.9.